The van der Waals surface area contributed by atoms with Crippen molar-refractivity contribution in [2.75, 3.05) is 0 Å². The Kier molecular flexibility index (Phi) is 9.95. The summed E-state index contributed by atoms with van der Waals surface area (Å²) in [5.74, 6) is 0. The second kappa shape index (κ2) is 9.11. The van der Waals surface area contributed by atoms with Crippen LogP contribution in [-0.4, -0.2) is 19.2 Å². The first kappa shape index (κ1) is 12.0. The molecule has 0 aliphatic heterocycles. The van der Waals surface area contributed by atoms with Gasteiger partial charge in [0.25, 0.3) is 0 Å². The molecular formula is C9H19SSn. The molecule has 0 N–H and O–H groups in total. The maximum absolute atomic E-state index is 5.15. The molecule has 2 heteroatoms. The molecule has 0 saturated heterocycles. The van der Waals surface area contributed by atoms with Gasteiger partial charge in [-0.05, 0) is 0 Å². The van der Waals surface area contributed by atoms with Crippen molar-refractivity contribution in [3.8, 4) is 0 Å². The Hall–Kier alpha value is 1.02. The number of rotatable bonds is 7. The van der Waals surface area contributed by atoms with E-state index in [-0.39, 0.29) is 19.2 Å². The Balaban J connectivity index is 2.95. The molecular weight excluding hydrogens is 259 g/mol. The van der Waals surface area contributed by atoms with Crippen LogP contribution in [0.2, 0.25) is 3.93 Å². The topological polar surface area (TPSA) is 0 Å². The molecule has 11 heavy (non-hydrogen) atoms. The predicted octanol–water partition coefficient (Wildman–Crippen LogP) is 3.97. The van der Waals surface area contributed by atoms with Crippen LogP contribution in [-0.2, 0) is 0 Å². The molecule has 0 fully saturated rings. The van der Waals surface area contributed by atoms with Crippen molar-refractivity contribution in [2.24, 2.45) is 0 Å². The van der Waals surface area contributed by atoms with Gasteiger partial charge in [-0.25, -0.2) is 0 Å². The Morgan fingerprint density at radius 3 is 2.36 bits per heavy atom. The van der Waals surface area contributed by atoms with Crippen LogP contribution in [0.3, 0.4) is 0 Å². The van der Waals surface area contributed by atoms with Gasteiger partial charge >= 0.3 is 84.8 Å². The van der Waals surface area contributed by atoms with Crippen molar-refractivity contribution in [1.29, 1.82) is 0 Å². The van der Waals surface area contributed by atoms with Gasteiger partial charge in [0.05, 0.1) is 0 Å². The van der Waals surface area contributed by atoms with Gasteiger partial charge in [0, 0.05) is 0 Å². The van der Waals surface area contributed by atoms with Gasteiger partial charge in [0.1, 0.15) is 0 Å². The predicted molar refractivity (Wildman–Crippen MR) is 56.1 cm³/mol. The van der Waals surface area contributed by atoms with Crippen LogP contribution in [0.15, 0.2) is 0 Å². The third-order valence-electron chi connectivity index (χ3n) is 1.94. The molecule has 0 rings (SSSR count). The van der Waals surface area contributed by atoms with Crippen molar-refractivity contribution in [2.45, 2.75) is 56.3 Å². The molecule has 0 aromatic rings. The summed E-state index contributed by atoms with van der Waals surface area (Å²) in [5.41, 5.74) is 0. The quantitative estimate of drug-likeness (QED) is 0.501. The zero-order valence-corrected chi connectivity index (χ0v) is 11.4. The Labute approximate surface area is 84.5 Å². The number of hydrogen-bond donors (Lipinski definition) is 0. The van der Waals surface area contributed by atoms with E-state index in [1.807, 2.05) is 0 Å². The third kappa shape index (κ3) is 8.93. The number of hydrogen-bond acceptors (Lipinski definition) is 1. The van der Waals surface area contributed by atoms with E-state index in [9.17, 15) is 0 Å². The van der Waals surface area contributed by atoms with Crippen LogP contribution in [0.25, 0.3) is 0 Å². The van der Waals surface area contributed by atoms with Crippen LogP contribution < -0.4 is 0 Å². The average Bonchev–Trinajstić information content (AvgIpc) is 2.04. The molecule has 1 radical (unpaired) electrons. The first-order valence-electron chi connectivity index (χ1n) is 4.69. The van der Waals surface area contributed by atoms with Crippen LogP contribution in [0.1, 0.15) is 52.4 Å². The Bertz CT molecular complexity index is 93.6. The minimum absolute atomic E-state index is 0.354. The van der Waals surface area contributed by atoms with Gasteiger partial charge in [-0.15, -0.1) is 0 Å². The fraction of sp³-hybridized carbons (Fsp3) is 1.00. The summed E-state index contributed by atoms with van der Waals surface area (Å²) < 4.78 is 0.940. The van der Waals surface area contributed by atoms with Gasteiger partial charge in [-0.2, -0.15) is 0 Å². The van der Waals surface area contributed by atoms with E-state index >= 15 is 0 Å². The monoisotopic (exact) mass is 279 g/mol. The van der Waals surface area contributed by atoms with Gasteiger partial charge in [-0.3, -0.25) is 0 Å². The SMILES string of the molecule is CCCCCCC[CH](C)[Sn]=[S]. The summed E-state index contributed by atoms with van der Waals surface area (Å²) in [7, 11) is 5.15. The van der Waals surface area contributed by atoms with E-state index in [2.05, 4.69) is 13.8 Å². The van der Waals surface area contributed by atoms with Gasteiger partial charge in [0.2, 0.25) is 0 Å². The van der Waals surface area contributed by atoms with Crippen LogP contribution in [0, 0.1) is 0 Å². The second-order valence-electron chi connectivity index (χ2n) is 3.22. The zero-order valence-electron chi connectivity index (χ0n) is 7.73. The first-order chi connectivity index (χ1) is 5.31. The molecule has 0 aromatic carbocycles. The van der Waals surface area contributed by atoms with E-state index in [0.29, 0.717) is 0 Å². The Morgan fingerprint density at radius 2 is 1.82 bits per heavy atom. The van der Waals surface area contributed by atoms with Crippen molar-refractivity contribution < 1.29 is 0 Å². The van der Waals surface area contributed by atoms with Crippen LogP contribution >= 0.6 is 9.29 Å². The molecule has 0 amide bonds. The van der Waals surface area contributed by atoms with E-state index in [1.54, 1.807) is 0 Å². The molecule has 0 bridgehead atoms. The molecule has 0 aromatic heterocycles. The van der Waals surface area contributed by atoms with Gasteiger partial charge in [0.15, 0.2) is 0 Å². The van der Waals surface area contributed by atoms with Gasteiger partial charge in [-0.1, -0.05) is 0 Å². The fourth-order valence-corrected chi connectivity index (χ4v) is 2.82. The zero-order chi connectivity index (χ0) is 8.53. The molecule has 1 unspecified atom stereocenters. The normalized spacial score (nSPS) is 12.9. The first-order valence-corrected chi connectivity index (χ1v) is 10.2. The average molecular weight is 278 g/mol. The molecule has 0 spiro atoms. The molecule has 1 atom stereocenters. The van der Waals surface area contributed by atoms with Crippen molar-refractivity contribution in [3.63, 3.8) is 0 Å². The summed E-state index contributed by atoms with van der Waals surface area (Å²) in [5, 5.41) is 0. The second-order valence-corrected chi connectivity index (χ2v) is 8.29. The molecule has 0 nitrogen and oxygen atoms in total. The molecule has 0 aliphatic carbocycles. The van der Waals surface area contributed by atoms with Crippen LogP contribution in [0.4, 0.5) is 0 Å². The van der Waals surface area contributed by atoms with Gasteiger partial charge < -0.3 is 0 Å². The summed E-state index contributed by atoms with van der Waals surface area (Å²) in [6, 6.07) is 0. The summed E-state index contributed by atoms with van der Waals surface area (Å²) in [6.45, 7) is 4.60. The standard InChI is InChI=1S/C9H19.S.Sn/c1-3-5-7-9-8-6-4-2;;/h3H,4-9H2,1-2H3;;. The minimum atomic E-state index is -0.354. The van der Waals surface area contributed by atoms with E-state index in [1.165, 1.54) is 38.5 Å². The van der Waals surface area contributed by atoms with Crippen molar-refractivity contribution >= 4 is 28.5 Å². The maximum atomic E-state index is 5.15. The van der Waals surface area contributed by atoms with E-state index < -0.39 is 0 Å². The fourth-order valence-electron chi connectivity index (χ4n) is 1.11. The molecule has 0 aliphatic rings. The van der Waals surface area contributed by atoms with Crippen molar-refractivity contribution in [3.05, 3.63) is 0 Å². The van der Waals surface area contributed by atoms with Crippen LogP contribution in [0.5, 0.6) is 0 Å². The summed E-state index contributed by atoms with van der Waals surface area (Å²) >= 11 is -0.354. The number of unbranched alkanes of at least 4 members (excludes halogenated alkanes) is 4. The van der Waals surface area contributed by atoms with E-state index in [0.717, 1.165) is 3.93 Å². The third-order valence-corrected chi connectivity index (χ3v) is 6.61. The molecule has 65 valence electrons. The molecule has 0 heterocycles. The van der Waals surface area contributed by atoms with Crippen molar-refractivity contribution in [1.82, 2.24) is 0 Å². The Morgan fingerprint density at radius 1 is 1.18 bits per heavy atom. The summed E-state index contributed by atoms with van der Waals surface area (Å²) in [4.78, 5) is 0. The summed E-state index contributed by atoms with van der Waals surface area (Å²) in [6.07, 6.45) is 8.49. The van der Waals surface area contributed by atoms with E-state index in [4.69, 9.17) is 9.29 Å². The molecule has 0 saturated carbocycles.